The Hall–Kier alpha value is -2.38. The average molecular weight is 380 g/mol. The number of nitrogens with two attached hydrogens (primary N) is 1. The number of aryl methyl sites for hydroxylation is 1. The molecule has 2 aromatic rings. The number of hydrogen-bond acceptors (Lipinski definition) is 4. The third-order valence-electron chi connectivity index (χ3n) is 3.79. The highest BCUT2D eigenvalue weighted by Gasteiger charge is 2.18. The van der Waals surface area contributed by atoms with E-state index in [9.17, 15) is 9.59 Å². The molecule has 0 aliphatic rings. The summed E-state index contributed by atoms with van der Waals surface area (Å²) in [5.74, 6) is -0.0515. The molecule has 0 saturated carbocycles. The first-order valence-corrected chi connectivity index (χ1v) is 8.28. The van der Waals surface area contributed by atoms with Crippen molar-refractivity contribution in [3.8, 4) is 0 Å². The van der Waals surface area contributed by atoms with E-state index in [1.807, 2.05) is 51.1 Å². The van der Waals surface area contributed by atoms with Gasteiger partial charge in [0.1, 0.15) is 5.82 Å². The normalized spacial score (nSPS) is 11.6. The Labute approximate surface area is 159 Å². The first-order chi connectivity index (χ1) is 11.9. The van der Waals surface area contributed by atoms with Crippen molar-refractivity contribution in [3.05, 3.63) is 47.7 Å². The lowest BCUT2D eigenvalue weighted by Gasteiger charge is -2.15. The van der Waals surface area contributed by atoms with Crippen molar-refractivity contribution in [3.63, 3.8) is 0 Å². The van der Waals surface area contributed by atoms with Gasteiger partial charge in [0.2, 0.25) is 11.8 Å². The summed E-state index contributed by atoms with van der Waals surface area (Å²) in [5, 5.41) is 9.74. The molecule has 1 aromatic heterocycles. The van der Waals surface area contributed by atoms with Gasteiger partial charge in [-0.2, -0.15) is 5.10 Å². The first-order valence-electron chi connectivity index (χ1n) is 8.28. The lowest BCUT2D eigenvalue weighted by atomic mass is 10.1. The number of amides is 2. The fourth-order valence-corrected chi connectivity index (χ4v) is 2.30. The molecule has 0 bridgehead atoms. The van der Waals surface area contributed by atoms with Gasteiger partial charge in [0.25, 0.3) is 0 Å². The van der Waals surface area contributed by atoms with Crippen molar-refractivity contribution in [1.29, 1.82) is 0 Å². The number of carbonyl (C=O) groups is 2. The Morgan fingerprint density at radius 2 is 1.88 bits per heavy atom. The number of nitrogens with one attached hydrogen (secondary N) is 2. The van der Waals surface area contributed by atoms with Crippen molar-refractivity contribution < 1.29 is 9.59 Å². The summed E-state index contributed by atoms with van der Waals surface area (Å²) in [7, 11) is 0. The maximum atomic E-state index is 12.1. The highest BCUT2D eigenvalue weighted by Crippen LogP contribution is 2.13. The number of nitrogens with zero attached hydrogens (tertiary/aromatic N) is 2. The van der Waals surface area contributed by atoms with Crippen molar-refractivity contribution in [2.75, 3.05) is 11.9 Å². The van der Waals surface area contributed by atoms with Gasteiger partial charge >= 0.3 is 0 Å². The van der Waals surface area contributed by atoms with E-state index in [1.54, 1.807) is 10.7 Å². The fraction of sp³-hybridized carbons (Fsp3) is 0.389. The van der Waals surface area contributed by atoms with Crippen LogP contribution in [0.3, 0.4) is 0 Å². The second-order valence-electron chi connectivity index (χ2n) is 6.35. The molecule has 7 nitrogen and oxygen atoms in total. The fourth-order valence-electron chi connectivity index (χ4n) is 2.30. The summed E-state index contributed by atoms with van der Waals surface area (Å²) in [6.07, 6.45) is 0. The molecule has 26 heavy (non-hydrogen) atoms. The predicted molar refractivity (Wildman–Crippen MR) is 104 cm³/mol. The van der Waals surface area contributed by atoms with Crippen LogP contribution in [0.15, 0.2) is 36.4 Å². The Morgan fingerprint density at radius 3 is 2.50 bits per heavy atom. The third kappa shape index (κ3) is 6.16. The SMILES string of the molecule is Cc1cc(NC(=O)CNC(=O)[C@@H](N)C(C)C)n(Cc2ccccc2)n1.Cl. The van der Waals surface area contributed by atoms with E-state index in [4.69, 9.17) is 5.73 Å². The minimum atomic E-state index is -0.626. The molecule has 1 aromatic carbocycles. The molecule has 0 radical (unpaired) electrons. The zero-order valence-corrected chi connectivity index (χ0v) is 16.0. The minimum absolute atomic E-state index is 0. The molecule has 1 atom stereocenters. The number of aromatic nitrogens is 2. The first kappa shape index (κ1) is 21.7. The molecule has 0 saturated heterocycles. The van der Waals surface area contributed by atoms with Crippen LogP contribution in [0, 0.1) is 12.8 Å². The second-order valence-corrected chi connectivity index (χ2v) is 6.35. The van der Waals surface area contributed by atoms with E-state index in [2.05, 4.69) is 15.7 Å². The topological polar surface area (TPSA) is 102 Å². The van der Waals surface area contributed by atoms with Gasteiger partial charge in [-0.05, 0) is 18.4 Å². The minimum Gasteiger partial charge on any atom is -0.346 e. The molecule has 142 valence electrons. The van der Waals surface area contributed by atoms with Crippen LogP contribution in [-0.4, -0.2) is 34.2 Å². The van der Waals surface area contributed by atoms with E-state index >= 15 is 0 Å². The maximum Gasteiger partial charge on any atom is 0.244 e. The second kappa shape index (κ2) is 9.94. The molecule has 2 rings (SSSR count). The number of rotatable bonds is 7. The van der Waals surface area contributed by atoms with Crippen molar-refractivity contribution in [2.24, 2.45) is 11.7 Å². The summed E-state index contributed by atoms with van der Waals surface area (Å²) in [6, 6.07) is 11.0. The molecule has 1 heterocycles. The molecule has 8 heteroatoms. The lowest BCUT2D eigenvalue weighted by Crippen LogP contribution is -2.46. The van der Waals surface area contributed by atoms with Crippen LogP contribution in [0.2, 0.25) is 0 Å². The van der Waals surface area contributed by atoms with Crippen LogP contribution in [0.1, 0.15) is 25.1 Å². The molecule has 0 unspecified atom stereocenters. The van der Waals surface area contributed by atoms with Crippen molar-refractivity contribution in [2.45, 2.75) is 33.4 Å². The Morgan fingerprint density at radius 1 is 1.23 bits per heavy atom. The van der Waals surface area contributed by atoms with Crippen LogP contribution < -0.4 is 16.4 Å². The van der Waals surface area contributed by atoms with Crippen molar-refractivity contribution in [1.82, 2.24) is 15.1 Å². The van der Waals surface area contributed by atoms with Crippen LogP contribution >= 0.6 is 12.4 Å². The van der Waals surface area contributed by atoms with Crippen LogP contribution in [0.5, 0.6) is 0 Å². The van der Waals surface area contributed by atoms with Gasteiger partial charge in [0, 0.05) is 6.07 Å². The van der Waals surface area contributed by atoms with Gasteiger partial charge in [0.15, 0.2) is 0 Å². The van der Waals surface area contributed by atoms with Gasteiger partial charge in [-0.25, -0.2) is 4.68 Å². The largest absolute Gasteiger partial charge is 0.346 e. The average Bonchev–Trinajstić information content (AvgIpc) is 2.91. The standard InChI is InChI=1S/C18H25N5O2.ClH/c1-12(2)17(19)18(25)20-10-16(24)21-15-9-13(3)22-23(15)11-14-7-5-4-6-8-14;/h4-9,12,17H,10-11,19H2,1-3H3,(H,20,25)(H,21,24);1H/t17-;/m0./s1. The Bertz CT molecular complexity index is 730. The van der Waals surface area contributed by atoms with Gasteiger partial charge in [-0.3, -0.25) is 9.59 Å². The number of halogens is 1. The molecule has 0 aliphatic carbocycles. The molecule has 0 spiro atoms. The van der Waals surface area contributed by atoms with Gasteiger partial charge in [-0.15, -0.1) is 12.4 Å². The third-order valence-corrected chi connectivity index (χ3v) is 3.79. The summed E-state index contributed by atoms with van der Waals surface area (Å²) >= 11 is 0. The number of benzene rings is 1. The van der Waals surface area contributed by atoms with Gasteiger partial charge in [0.05, 0.1) is 24.8 Å². The molecular formula is C18H26ClN5O2. The Balaban J connectivity index is 0.00000338. The maximum absolute atomic E-state index is 12.1. The number of carbonyl (C=O) groups excluding carboxylic acids is 2. The molecule has 2 amide bonds. The number of anilines is 1. The predicted octanol–water partition coefficient (Wildman–Crippen LogP) is 1.70. The van der Waals surface area contributed by atoms with Crippen LogP contribution in [-0.2, 0) is 16.1 Å². The summed E-state index contributed by atoms with van der Waals surface area (Å²) in [4.78, 5) is 23.9. The van der Waals surface area contributed by atoms with Crippen LogP contribution in [0.4, 0.5) is 5.82 Å². The van der Waals surface area contributed by atoms with E-state index in [0.29, 0.717) is 12.4 Å². The lowest BCUT2D eigenvalue weighted by molar-refractivity contribution is -0.125. The molecule has 0 aliphatic heterocycles. The molecule has 0 fully saturated rings. The molecular weight excluding hydrogens is 354 g/mol. The summed E-state index contributed by atoms with van der Waals surface area (Å²) in [5.41, 5.74) is 7.64. The quantitative estimate of drug-likeness (QED) is 0.681. The summed E-state index contributed by atoms with van der Waals surface area (Å²) < 4.78 is 1.73. The van der Waals surface area contributed by atoms with E-state index < -0.39 is 6.04 Å². The zero-order chi connectivity index (χ0) is 18.4. The van der Waals surface area contributed by atoms with Crippen molar-refractivity contribution >= 4 is 30.0 Å². The zero-order valence-electron chi connectivity index (χ0n) is 15.2. The van der Waals surface area contributed by atoms with Gasteiger partial charge in [-0.1, -0.05) is 44.2 Å². The van der Waals surface area contributed by atoms with E-state index in [0.717, 1.165) is 11.3 Å². The van der Waals surface area contributed by atoms with E-state index in [-0.39, 0.29) is 36.7 Å². The highest BCUT2D eigenvalue weighted by atomic mass is 35.5. The Kier molecular flexibility index (Phi) is 8.28. The number of hydrogen-bond donors (Lipinski definition) is 3. The van der Waals surface area contributed by atoms with Crippen LogP contribution in [0.25, 0.3) is 0 Å². The van der Waals surface area contributed by atoms with E-state index in [1.165, 1.54) is 0 Å². The monoisotopic (exact) mass is 379 g/mol. The molecule has 4 N–H and O–H groups in total. The smallest absolute Gasteiger partial charge is 0.244 e. The van der Waals surface area contributed by atoms with Gasteiger partial charge < -0.3 is 16.4 Å². The highest BCUT2D eigenvalue weighted by molar-refractivity contribution is 5.94. The summed E-state index contributed by atoms with van der Waals surface area (Å²) in [6.45, 7) is 5.99.